The second kappa shape index (κ2) is 5.17. The Kier molecular flexibility index (Phi) is 3.21. The predicted molar refractivity (Wildman–Crippen MR) is 79.2 cm³/mol. The summed E-state index contributed by atoms with van der Waals surface area (Å²) in [6, 6.07) is 15.3. The van der Waals surface area contributed by atoms with Gasteiger partial charge in [-0.05, 0) is 36.2 Å². The van der Waals surface area contributed by atoms with Crippen LogP contribution in [0.5, 0.6) is 0 Å². The van der Waals surface area contributed by atoms with Crippen LogP contribution in [0, 0.1) is 0 Å². The molecule has 0 bridgehead atoms. The smallest absolute Gasteiger partial charge is 0.267 e. The molecule has 0 aliphatic carbocycles. The summed E-state index contributed by atoms with van der Waals surface area (Å²) >= 11 is 0. The van der Waals surface area contributed by atoms with Gasteiger partial charge in [0.15, 0.2) is 0 Å². The normalized spacial score (nSPS) is 10.7. The third-order valence-corrected chi connectivity index (χ3v) is 3.30. The molecule has 0 spiro atoms. The Bertz CT molecular complexity index is 744. The number of nitrogens with one attached hydrogen (secondary N) is 1. The largest absolute Gasteiger partial charge is 0.270 e. The van der Waals surface area contributed by atoms with E-state index in [0.717, 1.165) is 17.5 Å². The zero-order valence-corrected chi connectivity index (χ0v) is 11.2. The molecule has 0 aliphatic heterocycles. The van der Waals surface area contributed by atoms with Gasteiger partial charge >= 0.3 is 0 Å². The number of aromatic nitrogens is 2. The van der Waals surface area contributed by atoms with E-state index in [-0.39, 0.29) is 5.91 Å². The lowest BCUT2D eigenvalue weighted by Crippen LogP contribution is -2.21. The van der Waals surface area contributed by atoms with Crippen molar-refractivity contribution < 1.29 is 4.79 Å². The van der Waals surface area contributed by atoms with Crippen molar-refractivity contribution in [3.05, 3.63) is 66.0 Å². The van der Waals surface area contributed by atoms with Crippen LogP contribution in [-0.2, 0) is 6.42 Å². The maximum Gasteiger partial charge on any atom is 0.270 e. The standard InChI is InChI=1S/C16H15N3O/c1-2-12-7-9-13(10-8-12)16(20)18-19-11-17-14-5-3-4-6-15(14)19/h3-11H,2H2,1H3,(H,18,20). The number of para-hydroxylation sites is 2. The highest BCUT2D eigenvalue weighted by Gasteiger charge is 2.08. The molecule has 1 N–H and O–H groups in total. The minimum absolute atomic E-state index is 0.143. The number of hydrogen-bond donors (Lipinski definition) is 1. The molecular weight excluding hydrogens is 250 g/mol. The summed E-state index contributed by atoms with van der Waals surface area (Å²) in [6.07, 6.45) is 2.58. The molecule has 3 rings (SSSR count). The molecule has 0 fully saturated rings. The van der Waals surface area contributed by atoms with Crippen LogP contribution in [-0.4, -0.2) is 15.6 Å². The van der Waals surface area contributed by atoms with E-state index in [4.69, 9.17) is 0 Å². The molecule has 0 aliphatic rings. The molecular formula is C16H15N3O. The lowest BCUT2D eigenvalue weighted by atomic mass is 10.1. The molecule has 20 heavy (non-hydrogen) atoms. The summed E-state index contributed by atoms with van der Waals surface area (Å²) in [7, 11) is 0. The van der Waals surface area contributed by atoms with Gasteiger partial charge in [0.2, 0.25) is 0 Å². The molecule has 1 aromatic heterocycles. The molecule has 100 valence electrons. The van der Waals surface area contributed by atoms with E-state index in [2.05, 4.69) is 17.3 Å². The molecule has 3 aromatic rings. The first-order chi connectivity index (χ1) is 9.78. The Hall–Kier alpha value is -2.62. The van der Waals surface area contributed by atoms with Crippen LogP contribution < -0.4 is 5.43 Å². The average molecular weight is 265 g/mol. The fraction of sp³-hybridized carbons (Fsp3) is 0.125. The molecule has 1 amide bonds. The van der Waals surface area contributed by atoms with Crippen molar-refractivity contribution in [3.63, 3.8) is 0 Å². The van der Waals surface area contributed by atoms with E-state index in [0.29, 0.717) is 5.56 Å². The zero-order valence-electron chi connectivity index (χ0n) is 11.2. The highest BCUT2D eigenvalue weighted by molar-refractivity contribution is 6.00. The number of imidazole rings is 1. The molecule has 4 nitrogen and oxygen atoms in total. The van der Waals surface area contributed by atoms with Crippen LogP contribution in [0.15, 0.2) is 54.9 Å². The van der Waals surface area contributed by atoms with Gasteiger partial charge < -0.3 is 0 Å². The molecule has 1 heterocycles. The fourth-order valence-corrected chi connectivity index (χ4v) is 2.11. The van der Waals surface area contributed by atoms with Crippen LogP contribution >= 0.6 is 0 Å². The van der Waals surface area contributed by atoms with Gasteiger partial charge in [-0.3, -0.25) is 10.2 Å². The zero-order chi connectivity index (χ0) is 13.9. The molecule has 0 radical (unpaired) electrons. The van der Waals surface area contributed by atoms with Gasteiger partial charge in [0.25, 0.3) is 5.91 Å². The second-order valence-electron chi connectivity index (χ2n) is 4.59. The molecule has 0 saturated heterocycles. The molecule has 0 atom stereocenters. The van der Waals surface area contributed by atoms with Crippen LogP contribution in [0.4, 0.5) is 0 Å². The predicted octanol–water partition coefficient (Wildman–Crippen LogP) is 2.98. The minimum atomic E-state index is -0.143. The van der Waals surface area contributed by atoms with Gasteiger partial charge in [-0.15, -0.1) is 0 Å². The third-order valence-electron chi connectivity index (χ3n) is 3.30. The number of rotatable bonds is 3. The van der Waals surface area contributed by atoms with Crippen molar-refractivity contribution in [1.82, 2.24) is 9.66 Å². The number of nitrogens with zero attached hydrogens (tertiary/aromatic N) is 2. The van der Waals surface area contributed by atoms with Gasteiger partial charge in [0.1, 0.15) is 6.33 Å². The van der Waals surface area contributed by atoms with Crippen LogP contribution in [0.2, 0.25) is 0 Å². The first kappa shape index (κ1) is 12.4. The monoisotopic (exact) mass is 265 g/mol. The Labute approximate surface area is 117 Å². The van der Waals surface area contributed by atoms with E-state index >= 15 is 0 Å². The summed E-state index contributed by atoms with van der Waals surface area (Å²) in [5.74, 6) is -0.143. The highest BCUT2D eigenvalue weighted by atomic mass is 16.2. The van der Waals surface area contributed by atoms with Gasteiger partial charge in [-0.1, -0.05) is 31.2 Å². The van der Waals surface area contributed by atoms with E-state index in [1.54, 1.807) is 11.0 Å². The summed E-state index contributed by atoms with van der Waals surface area (Å²) in [5, 5.41) is 0. The Balaban J connectivity index is 1.84. The summed E-state index contributed by atoms with van der Waals surface area (Å²) in [4.78, 5) is 16.4. The van der Waals surface area contributed by atoms with Crippen LogP contribution in [0.1, 0.15) is 22.8 Å². The number of amides is 1. The molecule has 0 saturated carbocycles. The quantitative estimate of drug-likeness (QED) is 0.791. The third kappa shape index (κ3) is 2.28. The first-order valence-corrected chi connectivity index (χ1v) is 6.60. The number of carbonyl (C=O) groups is 1. The van der Waals surface area contributed by atoms with Gasteiger partial charge in [-0.2, -0.15) is 0 Å². The maximum absolute atomic E-state index is 12.2. The second-order valence-corrected chi connectivity index (χ2v) is 4.59. The van der Waals surface area contributed by atoms with E-state index < -0.39 is 0 Å². The van der Waals surface area contributed by atoms with Crippen molar-refractivity contribution >= 4 is 16.9 Å². The number of fused-ring (bicyclic) bond motifs is 1. The van der Waals surface area contributed by atoms with E-state index in [1.807, 2.05) is 48.5 Å². The van der Waals surface area contributed by atoms with E-state index in [9.17, 15) is 4.79 Å². The molecule has 2 aromatic carbocycles. The topological polar surface area (TPSA) is 46.9 Å². The summed E-state index contributed by atoms with van der Waals surface area (Å²) in [6.45, 7) is 2.09. The number of hydrogen-bond acceptors (Lipinski definition) is 2. The van der Waals surface area contributed by atoms with Gasteiger partial charge in [-0.25, -0.2) is 9.66 Å². The molecule has 4 heteroatoms. The minimum Gasteiger partial charge on any atom is -0.267 e. The van der Waals surface area contributed by atoms with E-state index in [1.165, 1.54) is 5.56 Å². The number of aryl methyl sites for hydroxylation is 1. The first-order valence-electron chi connectivity index (χ1n) is 6.60. The Morgan fingerprint density at radius 1 is 1.15 bits per heavy atom. The SMILES string of the molecule is CCc1ccc(C(=O)Nn2cnc3ccccc32)cc1. The Morgan fingerprint density at radius 3 is 2.65 bits per heavy atom. The molecule has 0 unspecified atom stereocenters. The Morgan fingerprint density at radius 2 is 1.90 bits per heavy atom. The van der Waals surface area contributed by atoms with Gasteiger partial charge in [0, 0.05) is 5.56 Å². The van der Waals surface area contributed by atoms with Crippen molar-refractivity contribution in [1.29, 1.82) is 0 Å². The highest BCUT2D eigenvalue weighted by Crippen LogP contribution is 2.11. The van der Waals surface area contributed by atoms with Crippen molar-refractivity contribution in [2.24, 2.45) is 0 Å². The number of carbonyl (C=O) groups excluding carboxylic acids is 1. The summed E-state index contributed by atoms with van der Waals surface area (Å²) in [5.41, 5.74) is 6.43. The maximum atomic E-state index is 12.2. The number of benzene rings is 2. The average Bonchev–Trinajstić information content (AvgIpc) is 2.91. The van der Waals surface area contributed by atoms with Crippen molar-refractivity contribution in [2.45, 2.75) is 13.3 Å². The lowest BCUT2D eigenvalue weighted by Gasteiger charge is -2.07. The van der Waals surface area contributed by atoms with Crippen LogP contribution in [0.3, 0.4) is 0 Å². The van der Waals surface area contributed by atoms with Crippen molar-refractivity contribution in [2.75, 3.05) is 5.43 Å². The van der Waals surface area contributed by atoms with Crippen molar-refractivity contribution in [3.8, 4) is 0 Å². The van der Waals surface area contributed by atoms with Crippen LogP contribution in [0.25, 0.3) is 11.0 Å². The lowest BCUT2D eigenvalue weighted by molar-refractivity contribution is 0.101. The summed E-state index contributed by atoms with van der Waals surface area (Å²) < 4.78 is 1.64. The fourth-order valence-electron chi connectivity index (χ4n) is 2.11. The van der Waals surface area contributed by atoms with Gasteiger partial charge in [0.05, 0.1) is 11.0 Å².